The van der Waals surface area contributed by atoms with Crippen LogP contribution in [0.4, 0.5) is 0 Å². The van der Waals surface area contributed by atoms with E-state index in [4.69, 9.17) is 17.4 Å². The molecule has 2 aromatic carbocycles. The first kappa shape index (κ1) is 15.3. The lowest BCUT2D eigenvalue weighted by Crippen LogP contribution is -2.29. The Kier molecular flexibility index (Phi) is 5.65. The van der Waals surface area contributed by atoms with Gasteiger partial charge in [0.05, 0.1) is 6.04 Å². The SMILES string of the molecule is NNC(Cc1ccc(Cl)cc1)c1cc(I)ccc1Br. The average molecular weight is 452 g/mol. The van der Waals surface area contributed by atoms with E-state index in [9.17, 15) is 0 Å². The van der Waals surface area contributed by atoms with Crippen LogP contribution in [0.25, 0.3) is 0 Å². The molecule has 3 N–H and O–H groups in total. The maximum atomic E-state index is 5.90. The van der Waals surface area contributed by atoms with E-state index in [-0.39, 0.29) is 6.04 Å². The number of benzene rings is 2. The molecule has 2 aromatic rings. The molecule has 0 aliphatic carbocycles. The van der Waals surface area contributed by atoms with Gasteiger partial charge in [-0.1, -0.05) is 39.7 Å². The van der Waals surface area contributed by atoms with Crippen molar-refractivity contribution >= 4 is 50.1 Å². The molecule has 0 saturated heterocycles. The summed E-state index contributed by atoms with van der Waals surface area (Å²) < 4.78 is 2.25. The first-order chi connectivity index (χ1) is 9.10. The van der Waals surface area contributed by atoms with Crippen LogP contribution in [0.15, 0.2) is 46.9 Å². The molecule has 0 saturated carbocycles. The monoisotopic (exact) mass is 450 g/mol. The molecular weight excluding hydrogens is 438 g/mol. The second-order valence-corrected chi connectivity index (χ2v) is 6.75. The van der Waals surface area contributed by atoms with Crippen LogP contribution < -0.4 is 11.3 Å². The van der Waals surface area contributed by atoms with E-state index in [0.29, 0.717) is 0 Å². The molecule has 0 amide bonds. The Hall–Kier alpha value is -0.140. The molecule has 0 bridgehead atoms. The highest BCUT2D eigenvalue weighted by atomic mass is 127. The fraction of sp³-hybridized carbons (Fsp3) is 0.143. The number of hydrogen-bond donors (Lipinski definition) is 2. The van der Waals surface area contributed by atoms with Gasteiger partial charge >= 0.3 is 0 Å². The van der Waals surface area contributed by atoms with Gasteiger partial charge in [-0.2, -0.15) is 0 Å². The van der Waals surface area contributed by atoms with Gasteiger partial charge in [0.1, 0.15) is 0 Å². The summed E-state index contributed by atoms with van der Waals surface area (Å²) in [5.41, 5.74) is 5.23. The van der Waals surface area contributed by atoms with Crippen LogP contribution in [0.3, 0.4) is 0 Å². The molecule has 2 nitrogen and oxygen atoms in total. The van der Waals surface area contributed by atoms with Crippen molar-refractivity contribution in [1.82, 2.24) is 5.43 Å². The lowest BCUT2D eigenvalue weighted by Gasteiger charge is -2.18. The van der Waals surface area contributed by atoms with Crippen LogP contribution in [0, 0.1) is 3.57 Å². The van der Waals surface area contributed by atoms with Crippen LogP contribution in [0.1, 0.15) is 17.2 Å². The molecule has 0 aliphatic rings. The third-order valence-electron chi connectivity index (χ3n) is 2.89. The predicted molar refractivity (Wildman–Crippen MR) is 92.1 cm³/mol. The summed E-state index contributed by atoms with van der Waals surface area (Å²) >= 11 is 11.8. The van der Waals surface area contributed by atoms with Gasteiger partial charge < -0.3 is 0 Å². The maximum absolute atomic E-state index is 5.90. The van der Waals surface area contributed by atoms with Crippen LogP contribution in [0.2, 0.25) is 5.02 Å². The molecule has 5 heteroatoms. The normalized spacial score (nSPS) is 12.4. The van der Waals surface area contributed by atoms with Crippen LogP contribution in [-0.2, 0) is 6.42 Å². The number of nitrogens with two attached hydrogens (primary N) is 1. The van der Waals surface area contributed by atoms with Gasteiger partial charge in [-0.3, -0.25) is 11.3 Å². The number of hydrogen-bond acceptors (Lipinski definition) is 2. The first-order valence-corrected chi connectivity index (χ1v) is 8.00. The molecule has 0 radical (unpaired) electrons. The number of halogens is 3. The van der Waals surface area contributed by atoms with Crippen LogP contribution in [0.5, 0.6) is 0 Å². The molecule has 2 rings (SSSR count). The summed E-state index contributed by atoms with van der Waals surface area (Å²) in [5.74, 6) is 5.70. The number of hydrazine groups is 1. The summed E-state index contributed by atoms with van der Waals surface area (Å²) in [6.45, 7) is 0. The van der Waals surface area contributed by atoms with Crippen molar-refractivity contribution in [3.05, 3.63) is 66.7 Å². The average Bonchev–Trinajstić information content (AvgIpc) is 2.41. The highest BCUT2D eigenvalue weighted by Crippen LogP contribution is 2.27. The van der Waals surface area contributed by atoms with Gasteiger partial charge in [0.15, 0.2) is 0 Å². The minimum Gasteiger partial charge on any atom is -0.271 e. The van der Waals surface area contributed by atoms with Crippen molar-refractivity contribution in [2.75, 3.05) is 0 Å². The van der Waals surface area contributed by atoms with E-state index < -0.39 is 0 Å². The standard InChI is InChI=1S/C14H13BrClIN2/c15-13-6-5-11(17)8-12(13)14(19-18)7-9-1-3-10(16)4-2-9/h1-6,8,14,19H,7,18H2. The Balaban J connectivity index is 2.24. The van der Waals surface area contributed by atoms with E-state index in [1.54, 1.807) is 0 Å². The number of rotatable bonds is 4. The molecule has 0 aromatic heterocycles. The zero-order valence-corrected chi connectivity index (χ0v) is 14.5. The van der Waals surface area contributed by atoms with Crippen molar-refractivity contribution < 1.29 is 0 Å². The lowest BCUT2D eigenvalue weighted by atomic mass is 9.99. The van der Waals surface area contributed by atoms with Crippen LogP contribution >= 0.6 is 50.1 Å². The van der Waals surface area contributed by atoms with E-state index in [1.165, 1.54) is 9.13 Å². The molecule has 0 spiro atoms. The molecule has 19 heavy (non-hydrogen) atoms. The smallest absolute Gasteiger partial charge is 0.0511 e. The fourth-order valence-corrected chi connectivity index (χ4v) is 3.06. The summed E-state index contributed by atoms with van der Waals surface area (Å²) in [6, 6.07) is 14.1. The van der Waals surface area contributed by atoms with E-state index >= 15 is 0 Å². The largest absolute Gasteiger partial charge is 0.271 e. The van der Waals surface area contributed by atoms with Crippen molar-refractivity contribution in [2.24, 2.45) is 5.84 Å². The first-order valence-electron chi connectivity index (χ1n) is 5.75. The van der Waals surface area contributed by atoms with E-state index in [1.807, 2.05) is 30.3 Å². The molecular formula is C14H13BrClIN2. The highest BCUT2D eigenvalue weighted by molar-refractivity contribution is 14.1. The highest BCUT2D eigenvalue weighted by Gasteiger charge is 2.14. The van der Waals surface area contributed by atoms with E-state index in [0.717, 1.165) is 21.5 Å². The quantitative estimate of drug-likeness (QED) is 0.409. The van der Waals surface area contributed by atoms with E-state index in [2.05, 4.69) is 56.1 Å². The van der Waals surface area contributed by atoms with Gasteiger partial charge in [-0.05, 0) is 70.5 Å². The maximum Gasteiger partial charge on any atom is 0.0511 e. The fourth-order valence-electron chi connectivity index (χ4n) is 1.90. The second kappa shape index (κ2) is 7.04. The topological polar surface area (TPSA) is 38.0 Å². The van der Waals surface area contributed by atoms with Gasteiger partial charge in [0.25, 0.3) is 0 Å². The molecule has 1 unspecified atom stereocenters. The summed E-state index contributed by atoms with van der Waals surface area (Å²) in [5, 5.41) is 0.747. The predicted octanol–water partition coefficient (Wildman–Crippen LogP) is 4.45. The van der Waals surface area contributed by atoms with Crippen molar-refractivity contribution in [3.63, 3.8) is 0 Å². The van der Waals surface area contributed by atoms with Crippen molar-refractivity contribution in [1.29, 1.82) is 0 Å². The minimum atomic E-state index is 0.0604. The lowest BCUT2D eigenvalue weighted by molar-refractivity contribution is 0.550. The second-order valence-electron chi connectivity index (χ2n) is 4.22. The van der Waals surface area contributed by atoms with Gasteiger partial charge in [-0.15, -0.1) is 0 Å². The van der Waals surface area contributed by atoms with Gasteiger partial charge in [0, 0.05) is 13.1 Å². The zero-order valence-electron chi connectivity index (χ0n) is 10.0. The third kappa shape index (κ3) is 4.16. The third-order valence-corrected chi connectivity index (χ3v) is 4.53. The van der Waals surface area contributed by atoms with Gasteiger partial charge in [0.2, 0.25) is 0 Å². The summed E-state index contributed by atoms with van der Waals surface area (Å²) in [4.78, 5) is 0. The molecule has 100 valence electrons. The Morgan fingerprint density at radius 3 is 2.53 bits per heavy atom. The number of nitrogens with one attached hydrogen (secondary N) is 1. The minimum absolute atomic E-state index is 0.0604. The molecule has 0 aliphatic heterocycles. The Morgan fingerprint density at radius 2 is 1.89 bits per heavy atom. The Labute approximate surface area is 140 Å². The summed E-state index contributed by atoms with van der Waals surface area (Å²) in [6.07, 6.45) is 0.812. The van der Waals surface area contributed by atoms with Gasteiger partial charge in [-0.25, -0.2) is 0 Å². The Morgan fingerprint density at radius 1 is 1.21 bits per heavy atom. The molecule has 0 heterocycles. The van der Waals surface area contributed by atoms with Crippen molar-refractivity contribution in [2.45, 2.75) is 12.5 Å². The Bertz CT molecular complexity index is 560. The zero-order chi connectivity index (χ0) is 13.8. The summed E-state index contributed by atoms with van der Waals surface area (Å²) in [7, 11) is 0. The van der Waals surface area contributed by atoms with Crippen molar-refractivity contribution in [3.8, 4) is 0 Å². The van der Waals surface area contributed by atoms with Crippen LogP contribution in [-0.4, -0.2) is 0 Å². The molecule has 0 fully saturated rings. The molecule has 1 atom stereocenters.